The summed E-state index contributed by atoms with van der Waals surface area (Å²) in [7, 11) is 0. The highest BCUT2D eigenvalue weighted by Gasteiger charge is 2.26. The van der Waals surface area contributed by atoms with E-state index in [0.29, 0.717) is 52.9 Å². The zero-order valence-electron chi connectivity index (χ0n) is 28.1. The second-order valence-corrected chi connectivity index (χ2v) is 12.7. The molecule has 1 fully saturated rings. The minimum Gasteiger partial charge on any atom is -0.493 e. The van der Waals surface area contributed by atoms with Gasteiger partial charge in [0, 0.05) is 55.1 Å². The van der Waals surface area contributed by atoms with Crippen LogP contribution in [0.1, 0.15) is 39.8 Å². The summed E-state index contributed by atoms with van der Waals surface area (Å²) in [6, 6.07) is 18.7. The van der Waals surface area contributed by atoms with E-state index in [2.05, 4.69) is 28.5 Å². The molecule has 0 aliphatic carbocycles. The van der Waals surface area contributed by atoms with Gasteiger partial charge in [0.1, 0.15) is 36.5 Å². The van der Waals surface area contributed by atoms with Crippen molar-refractivity contribution in [2.24, 2.45) is 5.92 Å². The molecule has 262 valence electrons. The number of ether oxygens (including phenoxy) is 3. The second-order valence-electron chi connectivity index (χ2n) is 12.3. The van der Waals surface area contributed by atoms with E-state index in [-0.39, 0.29) is 38.9 Å². The number of rotatable bonds is 15. The van der Waals surface area contributed by atoms with Crippen molar-refractivity contribution in [2.75, 3.05) is 32.9 Å². The molecule has 50 heavy (non-hydrogen) atoms. The Balaban J connectivity index is 1.32. The lowest BCUT2D eigenvalue weighted by atomic mass is 9.93. The molecule has 2 heterocycles. The van der Waals surface area contributed by atoms with Crippen LogP contribution in [0, 0.1) is 31.1 Å². The lowest BCUT2D eigenvalue weighted by Crippen LogP contribution is -2.35. The van der Waals surface area contributed by atoms with Crippen LogP contribution < -0.4 is 19.5 Å². The summed E-state index contributed by atoms with van der Waals surface area (Å²) in [5, 5.41) is 41.0. The number of carboxylic acid groups (broad SMARTS) is 1. The highest BCUT2D eigenvalue weighted by Crippen LogP contribution is 2.36. The van der Waals surface area contributed by atoms with Crippen molar-refractivity contribution in [3.63, 3.8) is 0 Å². The summed E-state index contributed by atoms with van der Waals surface area (Å²) in [6.07, 6.45) is 3.00. The van der Waals surface area contributed by atoms with E-state index in [1.54, 1.807) is 24.4 Å². The van der Waals surface area contributed by atoms with Crippen molar-refractivity contribution in [1.82, 2.24) is 15.2 Å². The van der Waals surface area contributed by atoms with Crippen LogP contribution in [0.4, 0.5) is 4.79 Å². The van der Waals surface area contributed by atoms with Crippen molar-refractivity contribution in [1.29, 1.82) is 5.26 Å². The van der Waals surface area contributed by atoms with E-state index in [1.165, 1.54) is 11.1 Å². The van der Waals surface area contributed by atoms with Crippen LogP contribution in [0.25, 0.3) is 11.1 Å². The van der Waals surface area contributed by atoms with Gasteiger partial charge < -0.3 is 39.7 Å². The molecule has 0 bridgehead atoms. The molecule has 5 rings (SSSR count). The highest BCUT2D eigenvalue weighted by atomic mass is 35.5. The van der Waals surface area contributed by atoms with Crippen LogP contribution in [0.5, 0.6) is 17.2 Å². The van der Waals surface area contributed by atoms with Gasteiger partial charge in [-0.1, -0.05) is 41.9 Å². The number of likely N-dealkylation sites (tertiary alicyclic amines) is 1. The quantitative estimate of drug-likeness (QED) is 0.118. The average Bonchev–Trinajstić information content (AvgIpc) is 3.61. The molecule has 1 amide bonds. The summed E-state index contributed by atoms with van der Waals surface area (Å²) < 4.78 is 18.7. The molecular weight excluding hydrogens is 660 g/mol. The number of nitrogens with one attached hydrogen (secondary N) is 1. The largest absolute Gasteiger partial charge is 0.493 e. The van der Waals surface area contributed by atoms with Crippen LogP contribution in [0.2, 0.25) is 5.02 Å². The Morgan fingerprint density at radius 3 is 2.44 bits per heavy atom. The van der Waals surface area contributed by atoms with E-state index < -0.39 is 12.1 Å². The molecule has 3 aromatic carbocycles. The molecule has 0 spiro atoms. The fourth-order valence-electron chi connectivity index (χ4n) is 5.89. The molecule has 4 N–H and O–H groups in total. The van der Waals surface area contributed by atoms with Crippen molar-refractivity contribution in [3.05, 3.63) is 105 Å². The molecular formula is C38H41ClN4O7. The number of halogens is 1. The van der Waals surface area contributed by atoms with Crippen LogP contribution in [0.15, 0.2) is 67.0 Å². The Bertz CT molecular complexity index is 1840. The van der Waals surface area contributed by atoms with Crippen molar-refractivity contribution in [3.8, 4) is 34.4 Å². The lowest BCUT2D eigenvalue weighted by molar-refractivity contribution is 0.151. The monoisotopic (exact) mass is 700 g/mol. The molecule has 4 aromatic rings. The van der Waals surface area contributed by atoms with Crippen LogP contribution in [0.3, 0.4) is 0 Å². The molecule has 1 saturated heterocycles. The van der Waals surface area contributed by atoms with E-state index in [4.69, 9.17) is 25.8 Å². The molecule has 1 atom stereocenters. The number of pyridine rings is 1. The summed E-state index contributed by atoms with van der Waals surface area (Å²) in [6.45, 7) is 5.71. The van der Waals surface area contributed by atoms with Gasteiger partial charge in [0.25, 0.3) is 0 Å². The summed E-state index contributed by atoms with van der Waals surface area (Å²) >= 11 is 6.71. The van der Waals surface area contributed by atoms with E-state index in [1.807, 2.05) is 38.1 Å². The summed E-state index contributed by atoms with van der Waals surface area (Å²) in [4.78, 5) is 16.8. The van der Waals surface area contributed by atoms with Crippen LogP contribution in [-0.2, 0) is 19.8 Å². The Morgan fingerprint density at radius 2 is 1.72 bits per heavy atom. The molecule has 0 saturated carbocycles. The second kappa shape index (κ2) is 17.2. The number of aliphatic hydroxyl groups excluding tert-OH is 2. The SMILES string of the molecule is Cc1c(COc2cc(OCc3cncc(C#N)c3)c(CNC(CO)CO)cc2Cl)cccc1-c1cccc(OCC2CCN(C(=O)O)C2)c1C. The van der Waals surface area contributed by atoms with Gasteiger partial charge >= 0.3 is 6.09 Å². The Morgan fingerprint density at radius 1 is 0.980 bits per heavy atom. The number of hydrogen-bond donors (Lipinski definition) is 4. The number of carbonyl (C=O) groups is 1. The van der Waals surface area contributed by atoms with Crippen LogP contribution in [-0.4, -0.2) is 70.2 Å². The van der Waals surface area contributed by atoms with Crippen molar-refractivity contribution in [2.45, 2.75) is 46.1 Å². The number of aromatic nitrogens is 1. The third-order valence-electron chi connectivity index (χ3n) is 8.89. The average molecular weight is 701 g/mol. The maximum absolute atomic E-state index is 11.3. The first-order valence-corrected chi connectivity index (χ1v) is 16.7. The van der Waals surface area contributed by atoms with E-state index >= 15 is 0 Å². The predicted molar refractivity (Wildman–Crippen MR) is 188 cm³/mol. The minimum atomic E-state index is -0.890. The van der Waals surface area contributed by atoms with Gasteiger partial charge in [0.05, 0.1) is 36.4 Å². The van der Waals surface area contributed by atoms with Gasteiger partial charge in [-0.3, -0.25) is 4.98 Å². The standard InChI is InChI=1S/C38H41ClN4O7/c1-24-29(5-3-6-32(24)33-7-4-8-35(25(33)2)48-21-26-9-10-43(18-26)38(46)47)23-50-37-13-36(49-22-28-11-27(14-40)15-41-16-28)30(12-34(37)39)17-42-31(19-44)20-45/h3-8,11-13,15-16,26,31,42,44-45H,9-10,17-23H2,1-2H3,(H,46,47). The summed E-state index contributed by atoms with van der Waals surface area (Å²) in [5.74, 6) is 1.83. The van der Waals surface area contributed by atoms with Gasteiger partial charge in [-0.25, -0.2) is 4.79 Å². The molecule has 0 radical (unpaired) electrons. The molecule has 11 nitrogen and oxygen atoms in total. The maximum Gasteiger partial charge on any atom is 0.407 e. The Hall–Kier alpha value is -4.86. The van der Waals surface area contributed by atoms with Gasteiger partial charge in [-0.2, -0.15) is 5.26 Å². The normalized spacial score (nSPS) is 14.1. The number of nitriles is 1. The first-order valence-electron chi connectivity index (χ1n) is 16.4. The van der Waals surface area contributed by atoms with E-state index in [0.717, 1.165) is 40.0 Å². The molecule has 12 heteroatoms. The smallest absolute Gasteiger partial charge is 0.407 e. The fourth-order valence-corrected chi connectivity index (χ4v) is 6.13. The maximum atomic E-state index is 11.3. The summed E-state index contributed by atoms with van der Waals surface area (Å²) in [5.41, 5.74) is 6.90. The predicted octanol–water partition coefficient (Wildman–Crippen LogP) is 5.87. The van der Waals surface area contributed by atoms with Gasteiger partial charge in [-0.15, -0.1) is 0 Å². The highest BCUT2D eigenvalue weighted by molar-refractivity contribution is 6.32. The number of hydrogen-bond acceptors (Lipinski definition) is 9. The number of amides is 1. The third-order valence-corrected chi connectivity index (χ3v) is 9.18. The van der Waals surface area contributed by atoms with Gasteiger partial charge in [-0.05, 0) is 66.3 Å². The minimum absolute atomic E-state index is 0.144. The zero-order chi connectivity index (χ0) is 35.6. The topological polar surface area (TPSA) is 157 Å². The number of aliphatic hydroxyl groups is 2. The van der Waals surface area contributed by atoms with Gasteiger partial charge in [0.15, 0.2) is 0 Å². The third kappa shape index (κ3) is 9.02. The fraction of sp³-hybridized carbons (Fsp3) is 0.342. The molecule has 1 aliphatic rings. The Labute approximate surface area is 296 Å². The van der Waals surface area contributed by atoms with Crippen LogP contribution >= 0.6 is 11.6 Å². The molecule has 1 aliphatic heterocycles. The first kappa shape index (κ1) is 36.4. The number of nitrogens with zero attached hydrogens (tertiary/aromatic N) is 3. The lowest BCUT2D eigenvalue weighted by Gasteiger charge is -2.19. The van der Waals surface area contributed by atoms with E-state index in [9.17, 15) is 25.4 Å². The first-order chi connectivity index (χ1) is 24.2. The molecule has 1 aromatic heterocycles. The Kier molecular flexibility index (Phi) is 12.5. The van der Waals surface area contributed by atoms with Crippen molar-refractivity contribution >= 4 is 17.7 Å². The van der Waals surface area contributed by atoms with Crippen molar-refractivity contribution < 1.29 is 34.3 Å². The number of benzene rings is 3. The van der Waals surface area contributed by atoms with Gasteiger partial charge in [0.2, 0.25) is 0 Å². The zero-order valence-corrected chi connectivity index (χ0v) is 28.8. The molecule has 1 unspecified atom stereocenters.